The summed E-state index contributed by atoms with van der Waals surface area (Å²) in [5.41, 5.74) is 5.63. The summed E-state index contributed by atoms with van der Waals surface area (Å²) >= 11 is 0. The van der Waals surface area contributed by atoms with Crippen LogP contribution >= 0.6 is 0 Å². The molecule has 2 saturated heterocycles. The number of carbonyl (C=O) groups excluding carboxylic acids is 1. The highest BCUT2D eigenvalue weighted by atomic mass is 16.7. The van der Waals surface area contributed by atoms with Crippen LogP contribution in [0.4, 0.5) is 0 Å². The standard InChI is InChI=1S/C13H22N4O5/c1-7-4-17(12(14)15-10(7)19)11-8-9(20-3)13(6-18,21-11)5-16(2)22-8/h4,8-9,11-12,18H,5-6,14H2,1-3H3,(H,15,19)/t8?,9?,11-,12?,13-/m1/s1. The van der Waals surface area contributed by atoms with Gasteiger partial charge in [0.1, 0.15) is 11.7 Å². The zero-order valence-electron chi connectivity index (χ0n) is 12.9. The minimum Gasteiger partial charge on any atom is -0.393 e. The Morgan fingerprint density at radius 3 is 3.00 bits per heavy atom. The smallest absolute Gasteiger partial charge is 0.250 e. The van der Waals surface area contributed by atoms with Crippen LogP contribution in [0.1, 0.15) is 6.92 Å². The van der Waals surface area contributed by atoms with E-state index >= 15 is 0 Å². The average molecular weight is 314 g/mol. The quantitative estimate of drug-likeness (QED) is 0.544. The molecule has 0 aliphatic carbocycles. The highest BCUT2D eigenvalue weighted by Gasteiger charge is 2.62. The van der Waals surface area contributed by atoms with Crippen molar-refractivity contribution >= 4 is 5.91 Å². The number of methoxy groups -OCH3 is 1. The maximum absolute atomic E-state index is 11.7. The van der Waals surface area contributed by atoms with E-state index in [2.05, 4.69) is 5.32 Å². The van der Waals surface area contributed by atoms with Gasteiger partial charge < -0.3 is 24.8 Å². The molecular weight excluding hydrogens is 292 g/mol. The zero-order valence-corrected chi connectivity index (χ0v) is 12.9. The second-order valence-corrected chi connectivity index (χ2v) is 5.92. The van der Waals surface area contributed by atoms with E-state index in [9.17, 15) is 9.90 Å². The van der Waals surface area contributed by atoms with Gasteiger partial charge in [0.15, 0.2) is 18.6 Å². The summed E-state index contributed by atoms with van der Waals surface area (Å²) < 4.78 is 11.6. The molecule has 0 radical (unpaired) electrons. The predicted molar refractivity (Wildman–Crippen MR) is 74.7 cm³/mol. The Balaban J connectivity index is 1.94. The maximum Gasteiger partial charge on any atom is 0.250 e. The molecule has 9 heteroatoms. The van der Waals surface area contributed by atoms with Crippen molar-refractivity contribution in [3.63, 3.8) is 0 Å². The first-order chi connectivity index (χ1) is 10.4. The van der Waals surface area contributed by atoms with Crippen molar-refractivity contribution in [3.8, 4) is 0 Å². The molecule has 2 fully saturated rings. The number of nitrogens with zero attached hydrogens (tertiary/aromatic N) is 2. The number of nitrogens with two attached hydrogens (primary N) is 1. The van der Waals surface area contributed by atoms with Crippen LogP contribution in [0.2, 0.25) is 0 Å². The molecular formula is C13H22N4O5. The summed E-state index contributed by atoms with van der Waals surface area (Å²) in [6.45, 7) is 1.86. The summed E-state index contributed by atoms with van der Waals surface area (Å²) in [5.74, 6) is -0.220. The molecule has 0 aromatic carbocycles. The number of hydrogen-bond acceptors (Lipinski definition) is 8. The Hall–Kier alpha value is -1.23. The molecule has 9 nitrogen and oxygen atoms in total. The largest absolute Gasteiger partial charge is 0.393 e. The van der Waals surface area contributed by atoms with Crippen LogP contribution in [0, 0.1) is 0 Å². The van der Waals surface area contributed by atoms with Crippen LogP contribution < -0.4 is 11.1 Å². The van der Waals surface area contributed by atoms with Crippen LogP contribution in [-0.4, -0.2) is 78.6 Å². The molecule has 3 aliphatic rings. The third-order valence-electron chi connectivity index (χ3n) is 4.36. The molecule has 22 heavy (non-hydrogen) atoms. The Bertz CT molecular complexity index is 501. The number of fused-ring (bicyclic) bond motifs is 2. The monoisotopic (exact) mass is 314 g/mol. The summed E-state index contributed by atoms with van der Waals surface area (Å²) in [6, 6.07) is 0. The van der Waals surface area contributed by atoms with E-state index in [-0.39, 0.29) is 12.5 Å². The third kappa shape index (κ3) is 2.21. The van der Waals surface area contributed by atoms with Gasteiger partial charge in [0.05, 0.1) is 13.2 Å². The lowest BCUT2D eigenvalue weighted by atomic mass is 9.94. The fourth-order valence-corrected chi connectivity index (χ4v) is 3.35. The topological polar surface area (TPSA) is 110 Å². The summed E-state index contributed by atoms with van der Waals surface area (Å²) in [5, 5.41) is 14.1. The van der Waals surface area contributed by atoms with Gasteiger partial charge in [0, 0.05) is 25.9 Å². The molecule has 3 unspecified atom stereocenters. The highest BCUT2D eigenvalue weighted by molar-refractivity contribution is 5.93. The number of amides is 1. The van der Waals surface area contributed by atoms with Crippen LogP contribution in [0.25, 0.3) is 0 Å². The van der Waals surface area contributed by atoms with Crippen molar-refractivity contribution in [1.82, 2.24) is 15.3 Å². The Morgan fingerprint density at radius 1 is 1.64 bits per heavy atom. The lowest BCUT2D eigenvalue weighted by Crippen LogP contribution is -2.62. The van der Waals surface area contributed by atoms with E-state index in [0.717, 1.165) is 0 Å². The molecule has 4 N–H and O–H groups in total. The molecule has 0 saturated carbocycles. The number of carbonyl (C=O) groups is 1. The van der Waals surface area contributed by atoms with Crippen molar-refractivity contribution in [1.29, 1.82) is 0 Å². The van der Waals surface area contributed by atoms with Crippen LogP contribution in [-0.2, 0) is 19.1 Å². The third-order valence-corrected chi connectivity index (χ3v) is 4.36. The number of likely N-dealkylation sites (N-methyl/N-ethyl adjacent to an activating group) is 1. The SMILES string of the molecule is COC1C2ON(C)C[C@]1(CO)O[C@H]2N1C=C(C)C(=O)NC1N. The van der Waals surface area contributed by atoms with Gasteiger partial charge in [0.25, 0.3) is 5.91 Å². The lowest BCUT2D eigenvalue weighted by Gasteiger charge is -2.40. The van der Waals surface area contributed by atoms with E-state index in [0.29, 0.717) is 12.1 Å². The molecule has 0 aromatic heterocycles. The molecule has 0 aromatic rings. The van der Waals surface area contributed by atoms with Crippen molar-refractivity contribution in [2.45, 2.75) is 37.3 Å². The van der Waals surface area contributed by atoms with E-state index < -0.39 is 30.3 Å². The first kappa shape index (κ1) is 15.7. The van der Waals surface area contributed by atoms with Crippen LogP contribution in [0.5, 0.6) is 0 Å². The van der Waals surface area contributed by atoms with Crippen molar-refractivity contribution in [2.75, 3.05) is 27.3 Å². The second kappa shape index (κ2) is 5.44. The fraction of sp³-hybridized carbons (Fsp3) is 0.769. The van der Waals surface area contributed by atoms with Crippen molar-refractivity contribution < 1.29 is 24.2 Å². The van der Waals surface area contributed by atoms with E-state index in [1.165, 1.54) is 0 Å². The minimum absolute atomic E-state index is 0.204. The summed E-state index contributed by atoms with van der Waals surface area (Å²) in [6.07, 6.45) is -0.565. The molecule has 3 aliphatic heterocycles. The molecule has 1 amide bonds. The Kier molecular flexibility index (Phi) is 3.87. The van der Waals surface area contributed by atoms with E-state index in [1.54, 1.807) is 37.2 Å². The second-order valence-electron chi connectivity index (χ2n) is 5.92. The first-order valence-corrected chi connectivity index (χ1v) is 7.13. The number of rotatable bonds is 3. The van der Waals surface area contributed by atoms with Gasteiger partial charge in [-0.2, -0.15) is 5.06 Å². The van der Waals surface area contributed by atoms with Crippen LogP contribution in [0.15, 0.2) is 11.8 Å². The zero-order chi connectivity index (χ0) is 16.1. The van der Waals surface area contributed by atoms with E-state index in [4.69, 9.17) is 20.0 Å². The van der Waals surface area contributed by atoms with Gasteiger partial charge >= 0.3 is 0 Å². The lowest BCUT2D eigenvalue weighted by molar-refractivity contribution is -0.262. The Morgan fingerprint density at radius 2 is 2.36 bits per heavy atom. The van der Waals surface area contributed by atoms with Gasteiger partial charge in [-0.05, 0) is 6.92 Å². The van der Waals surface area contributed by atoms with Gasteiger partial charge in [-0.3, -0.25) is 15.4 Å². The maximum atomic E-state index is 11.7. The number of aliphatic hydroxyl groups is 1. The Labute approximate surface area is 128 Å². The van der Waals surface area contributed by atoms with Gasteiger partial charge in [-0.25, -0.2) is 0 Å². The molecule has 5 atom stereocenters. The van der Waals surface area contributed by atoms with E-state index in [1.807, 2.05) is 0 Å². The van der Waals surface area contributed by atoms with Gasteiger partial charge in [-0.1, -0.05) is 0 Å². The fourth-order valence-electron chi connectivity index (χ4n) is 3.35. The normalized spacial score (nSPS) is 42.3. The van der Waals surface area contributed by atoms with Crippen molar-refractivity contribution in [2.24, 2.45) is 5.73 Å². The number of hydroxylamine groups is 2. The first-order valence-electron chi connectivity index (χ1n) is 7.13. The number of nitrogens with one attached hydrogen (secondary N) is 1. The summed E-state index contributed by atoms with van der Waals surface area (Å²) in [7, 11) is 3.33. The van der Waals surface area contributed by atoms with Gasteiger partial charge in [-0.15, -0.1) is 0 Å². The predicted octanol–water partition coefficient (Wildman–Crippen LogP) is -2.09. The molecule has 3 heterocycles. The number of aliphatic hydroxyl groups excluding tert-OH is 1. The number of ether oxygens (including phenoxy) is 2. The van der Waals surface area contributed by atoms with Crippen LogP contribution in [0.3, 0.4) is 0 Å². The number of hydrogen-bond donors (Lipinski definition) is 3. The van der Waals surface area contributed by atoms with Gasteiger partial charge in [0.2, 0.25) is 0 Å². The molecule has 124 valence electrons. The molecule has 0 spiro atoms. The molecule has 3 rings (SSSR count). The minimum atomic E-state index is -0.889. The summed E-state index contributed by atoms with van der Waals surface area (Å²) in [4.78, 5) is 19.2. The molecule has 2 bridgehead atoms. The average Bonchev–Trinajstić information content (AvgIpc) is 2.67. The highest BCUT2D eigenvalue weighted by Crippen LogP contribution is 2.41. The van der Waals surface area contributed by atoms with Crippen molar-refractivity contribution in [3.05, 3.63) is 11.8 Å².